The molecule has 4 nitrogen and oxygen atoms in total. The summed E-state index contributed by atoms with van der Waals surface area (Å²) in [6, 6.07) is 0. The topological polar surface area (TPSA) is 57.6 Å². The summed E-state index contributed by atoms with van der Waals surface area (Å²) in [6.07, 6.45) is 3.56. The van der Waals surface area contributed by atoms with Crippen LogP contribution >= 0.6 is 0 Å². The van der Waals surface area contributed by atoms with Crippen molar-refractivity contribution in [3.8, 4) is 0 Å². The summed E-state index contributed by atoms with van der Waals surface area (Å²) in [5.41, 5.74) is -1.13. The fourth-order valence-corrected chi connectivity index (χ4v) is 2.25. The highest BCUT2D eigenvalue weighted by atomic mass is 16.4. The molecule has 0 saturated carbocycles. The zero-order valence-electron chi connectivity index (χ0n) is 12.3. The Bertz CT molecular complexity index is 281. The molecule has 0 aromatic rings. The molecule has 0 rings (SSSR count). The molecule has 0 atom stereocenters. The van der Waals surface area contributed by atoms with Gasteiger partial charge in [0, 0.05) is 12.5 Å². The molecule has 0 bridgehead atoms. The van der Waals surface area contributed by atoms with Crippen molar-refractivity contribution in [2.45, 2.75) is 65.8 Å². The number of amides is 1. The third kappa shape index (κ3) is 4.00. The second-order valence-corrected chi connectivity index (χ2v) is 5.22. The lowest BCUT2D eigenvalue weighted by Gasteiger charge is -2.36. The number of carboxylic acid groups (broad SMARTS) is 1. The second kappa shape index (κ2) is 7.39. The van der Waals surface area contributed by atoms with Crippen LogP contribution < -0.4 is 0 Å². The van der Waals surface area contributed by atoms with Gasteiger partial charge in [0.2, 0.25) is 5.91 Å². The van der Waals surface area contributed by atoms with Gasteiger partial charge in [-0.2, -0.15) is 0 Å². The van der Waals surface area contributed by atoms with Crippen molar-refractivity contribution < 1.29 is 14.7 Å². The molecule has 0 spiro atoms. The van der Waals surface area contributed by atoms with Crippen LogP contribution in [0.1, 0.15) is 60.3 Å². The van der Waals surface area contributed by atoms with Crippen LogP contribution in [0.25, 0.3) is 0 Å². The molecule has 0 heterocycles. The number of rotatable bonds is 8. The molecule has 0 saturated heterocycles. The van der Waals surface area contributed by atoms with E-state index in [0.717, 1.165) is 25.7 Å². The van der Waals surface area contributed by atoms with E-state index in [-0.39, 0.29) is 11.8 Å². The zero-order valence-corrected chi connectivity index (χ0v) is 12.3. The monoisotopic (exact) mass is 257 g/mol. The summed E-state index contributed by atoms with van der Waals surface area (Å²) in [7, 11) is 0. The predicted octanol–water partition coefficient (Wildman–Crippen LogP) is 2.91. The molecular formula is C14H27NO3. The quantitative estimate of drug-likeness (QED) is 0.727. The molecular weight excluding hydrogens is 230 g/mol. The molecule has 0 aliphatic carbocycles. The number of carboxylic acids is 1. The van der Waals surface area contributed by atoms with E-state index in [1.54, 1.807) is 13.8 Å². The van der Waals surface area contributed by atoms with Crippen LogP contribution in [0, 0.1) is 5.92 Å². The van der Waals surface area contributed by atoms with Crippen molar-refractivity contribution in [3.05, 3.63) is 0 Å². The Morgan fingerprint density at radius 2 is 1.56 bits per heavy atom. The van der Waals surface area contributed by atoms with Gasteiger partial charge in [-0.15, -0.1) is 0 Å². The van der Waals surface area contributed by atoms with E-state index in [9.17, 15) is 14.7 Å². The van der Waals surface area contributed by atoms with Crippen LogP contribution in [0.5, 0.6) is 0 Å². The van der Waals surface area contributed by atoms with Crippen molar-refractivity contribution in [2.24, 2.45) is 5.92 Å². The maximum absolute atomic E-state index is 12.5. The van der Waals surface area contributed by atoms with E-state index in [1.165, 1.54) is 4.90 Å². The standard InChI is InChI=1S/C14H27NO3/c1-6-9-11(10-7-2)12(16)15(8-3)14(4,5)13(17)18/h11H,6-10H2,1-5H3,(H,17,18). The highest BCUT2D eigenvalue weighted by Gasteiger charge is 2.38. The van der Waals surface area contributed by atoms with Gasteiger partial charge in [0.15, 0.2) is 0 Å². The van der Waals surface area contributed by atoms with Gasteiger partial charge in [-0.1, -0.05) is 26.7 Å². The summed E-state index contributed by atoms with van der Waals surface area (Å²) >= 11 is 0. The Morgan fingerprint density at radius 1 is 1.11 bits per heavy atom. The third-order valence-electron chi connectivity index (χ3n) is 3.40. The smallest absolute Gasteiger partial charge is 0.329 e. The summed E-state index contributed by atoms with van der Waals surface area (Å²) in [5, 5.41) is 9.24. The minimum Gasteiger partial charge on any atom is -0.480 e. The normalized spacial score (nSPS) is 11.7. The Morgan fingerprint density at radius 3 is 1.83 bits per heavy atom. The number of carbonyl (C=O) groups is 2. The Balaban J connectivity index is 5.03. The van der Waals surface area contributed by atoms with Crippen LogP contribution in [0.15, 0.2) is 0 Å². The van der Waals surface area contributed by atoms with E-state index >= 15 is 0 Å². The fraction of sp³-hybridized carbons (Fsp3) is 0.857. The van der Waals surface area contributed by atoms with Gasteiger partial charge in [-0.25, -0.2) is 4.79 Å². The lowest BCUT2D eigenvalue weighted by atomic mass is 9.93. The van der Waals surface area contributed by atoms with Crippen molar-refractivity contribution in [2.75, 3.05) is 6.54 Å². The summed E-state index contributed by atoms with van der Waals surface area (Å²) in [5.74, 6) is -1.02. The molecule has 0 aliphatic heterocycles. The average molecular weight is 257 g/mol. The van der Waals surface area contributed by atoms with Gasteiger partial charge in [0.25, 0.3) is 0 Å². The highest BCUT2D eigenvalue weighted by molar-refractivity contribution is 5.87. The van der Waals surface area contributed by atoms with Crippen LogP contribution in [0.2, 0.25) is 0 Å². The molecule has 0 aromatic heterocycles. The molecule has 1 amide bonds. The number of nitrogens with zero attached hydrogens (tertiary/aromatic N) is 1. The van der Waals surface area contributed by atoms with Crippen LogP contribution in [-0.4, -0.2) is 34.0 Å². The van der Waals surface area contributed by atoms with Crippen molar-refractivity contribution >= 4 is 11.9 Å². The minimum atomic E-state index is -1.13. The first-order chi connectivity index (χ1) is 8.32. The first-order valence-electron chi connectivity index (χ1n) is 6.87. The maximum atomic E-state index is 12.5. The van der Waals surface area contributed by atoms with E-state index in [2.05, 4.69) is 13.8 Å². The first kappa shape index (κ1) is 16.9. The molecule has 0 aromatic carbocycles. The van der Waals surface area contributed by atoms with Crippen LogP contribution in [0.3, 0.4) is 0 Å². The molecule has 0 unspecified atom stereocenters. The summed E-state index contributed by atoms with van der Waals surface area (Å²) in [6.45, 7) is 9.54. The van der Waals surface area contributed by atoms with Crippen molar-refractivity contribution in [1.82, 2.24) is 4.90 Å². The largest absolute Gasteiger partial charge is 0.480 e. The van der Waals surface area contributed by atoms with E-state index in [1.807, 2.05) is 6.92 Å². The summed E-state index contributed by atoms with van der Waals surface area (Å²) < 4.78 is 0. The zero-order chi connectivity index (χ0) is 14.3. The number of hydrogen-bond donors (Lipinski definition) is 1. The summed E-state index contributed by atoms with van der Waals surface area (Å²) in [4.78, 5) is 25.2. The SMILES string of the molecule is CCCC(CCC)C(=O)N(CC)C(C)(C)C(=O)O. The number of likely N-dealkylation sites (N-methyl/N-ethyl adjacent to an activating group) is 1. The average Bonchev–Trinajstić information content (AvgIpc) is 2.28. The Kier molecular flexibility index (Phi) is 6.96. The lowest BCUT2D eigenvalue weighted by molar-refractivity contribution is -0.158. The van der Waals surface area contributed by atoms with Gasteiger partial charge in [0.05, 0.1) is 0 Å². The van der Waals surface area contributed by atoms with Crippen molar-refractivity contribution in [3.63, 3.8) is 0 Å². The number of hydrogen-bond acceptors (Lipinski definition) is 2. The van der Waals surface area contributed by atoms with E-state index in [0.29, 0.717) is 6.54 Å². The number of carbonyl (C=O) groups excluding carboxylic acids is 1. The highest BCUT2D eigenvalue weighted by Crippen LogP contribution is 2.23. The third-order valence-corrected chi connectivity index (χ3v) is 3.40. The molecule has 106 valence electrons. The van der Waals surface area contributed by atoms with Crippen LogP contribution in [0.4, 0.5) is 0 Å². The Labute approximate surface area is 110 Å². The molecule has 1 N–H and O–H groups in total. The van der Waals surface area contributed by atoms with Gasteiger partial charge >= 0.3 is 5.97 Å². The van der Waals surface area contributed by atoms with Gasteiger partial charge < -0.3 is 10.0 Å². The molecule has 4 heteroatoms. The lowest BCUT2D eigenvalue weighted by Crippen LogP contribution is -2.54. The number of aliphatic carboxylic acids is 1. The molecule has 0 aliphatic rings. The maximum Gasteiger partial charge on any atom is 0.329 e. The van der Waals surface area contributed by atoms with Crippen LogP contribution in [-0.2, 0) is 9.59 Å². The van der Waals surface area contributed by atoms with Crippen molar-refractivity contribution in [1.29, 1.82) is 0 Å². The molecule has 18 heavy (non-hydrogen) atoms. The van der Waals surface area contributed by atoms with Gasteiger partial charge in [-0.05, 0) is 33.6 Å². The Hall–Kier alpha value is -1.06. The molecule has 0 radical (unpaired) electrons. The van der Waals surface area contributed by atoms with Gasteiger partial charge in [0.1, 0.15) is 5.54 Å². The van der Waals surface area contributed by atoms with E-state index < -0.39 is 11.5 Å². The minimum absolute atomic E-state index is 0.0198. The predicted molar refractivity (Wildman–Crippen MR) is 72.4 cm³/mol. The van der Waals surface area contributed by atoms with E-state index in [4.69, 9.17) is 0 Å². The fourth-order valence-electron chi connectivity index (χ4n) is 2.25. The second-order valence-electron chi connectivity index (χ2n) is 5.22. The first-order valence-corrected chi connectivity index (χ1v) is 6.87. The molecule has 0 fully saturated rings. The van der Waals surface area contributed by atoms with Gasteiger partial charge in [-0.3, -0.25) is 4.79 Å².